The zero-order valence-corrected chi connectivity index (χ0v) is 15.7. The summed E-state index contributed by atoms with van der Waals surface area (Å²) in [6.45, 7) is 4.52. The van der Waals surface area contributed by atoms with Gasteiger partial charge in [-0.3, -0.25) is 9.69 Å². The third-order valence-corrected chi connectivity index (χ3v) is 6.39. The Hall–Kier alpha value is -1.31. The van der Waals surface area contributed by atoms with Gasteiger partial charge in [-0.05, 0) is 31.5 Å². The summed E-state index contributed by atoms with van der Waals surface area (Å²) in [5.41, 5.74) is 1.39. The molecule has 1 aromatic rings. The van der Waals surface area contributed by atoms with Crippen molar-refractivity contribution in [3.8, 4) is 5.75 Å². The van der Waals surface area contributed by atoms with Crippen molar-refractivity contribution in [1.82, 2.24) is 4.90 Å². The Kier molecular flexibility index (Phi) is 6.11. The van der Waals surface area contributed by atoms with Gasteiger partial charge in [0, 0.05) is 17.1 Å². The monoisotopic (exact) mass is 374 g/mol. The van der Waals surface area contributed by atoms with Crippen LogP contribution in [-0.2, 0) is 14.6 Å². The average Bonchev–Trinajstić information content (AvgIpc) is 2.88. The number of sulfone groups is 1. The maximum atomic E-state index is 12.4. The van der Waals surface area contributed by atoms with Gasteiger partial charge < -0.3 is 10.1 Å². The van der Waals surface area contributed by atoms with Gasteiger partial charge >= 0.3 is 0 Å². The molecule has 1 aliphatic rings. The highest BCUT2D eigenvalue weighted by Gasteiger charge is 2.32. The van der Waals surface area contributed by atoms with Crippen LogP contribution < -0.4 is 10.1 Å². The largest absolute Gasteiger partial charge is 0.495 e. The van der Waals surface area contributed by atoms with E-state index in [-0.39, 0.29) is 30.0 Å². The van der Waals surface area contributed by atoms with Crippen molar-refractivity contribution in [2.45, 2.75) is 26.3 Å². The van der Waals surface area contributed by atoms with Gasteiger partial charge in [-0.1, -0.05) is 18.5 Å². The first-order chi connectivity index (χ1) is 11.3. The van der Waals surface area contributed by atoms with Crippen molar-refractivity contribution < 1.29 is 17.9 Å². The van der Waals surface area contributed by atoms with Crippen LogP contribution in [0.15, 0.2) is 12.1 Å². The lowest BCUT2D eigenvalue weighted by atomic mass is 10.2. The standard InChI is InChI=1S/C16H23ClN2O4S/c1-4-19(12-5-6-24(21,22)10-12)9-16(20)18-14-7-11(2)13(17)8-15(14)23-3/h7-8,12H,4-6,9-10H2,1-3H3,(H,18,20). The number of methoxy groups -OCH3 is 1. The van der Waals surface area contributed by atoms with E-state index in [4.69, 9.17) is 16.3 Å². The van der Waals surface area contributed by atoms with Crippen LogP contribution in [0.25, 0.3) is 0 Å². The fourth-order valence-corrected chi connectivity index (χ4v) is 4.78. The van der Waals surface area contributed by atoms with Crippen LogP contribution in [0.4, 0.5) is 5.69 Å². The summed E-state index contributed by atoms with van der Waals surface area (Å²) in [6, 6.07) is 3.32. The summed E-state index contributed by atoms with van der Waals surface area (Å²) in [5.74, 6) is 0.601. The Balaban J connectivity index is 2.06. The second kappa shape index (κ2) is 7.72. The molecule has 1 aliphatic heterocycles. The van der Waals surface area contributed by atoms with Gasteiger partial charge in [0.25, 0.3) is 0 Å². The number of nitrogens with zero attached hydrogens (tertiary/aromatic N) is 1. The molecule has 0 radical (unpaired) electrons. The maximum absolute atomic E-state index is 12.4. The number of nitrogens with one attached hydrogen (secondary N) is 1. The number of halogens is 1. The Labute approximate surface area is 148 Å². The Morgan fingerprint density at radius 3 is 2.71 bits per heavy atom. The number of benzene rings is 1. The lowest BCUT2D eigenvalue weighted by molar-refractivity contribution is -0.117. The maximum Gasteiger partial charge on any atom is 0.238 e. The van der Waals surface area contributed by atoms with Crippen LogP contribution in [0.5, 0.6) is 5.75 Å². The summed E-state index contributed by atoms with van der Waals surface area (Å²) >= 11 is 6.06. The molecular formula is C16H23ClN2O4S. The minimum atomic E-state index is -2.97. The number of rotatable bonds is 6. The Bertz CT molecular complexity index is 721. The van der Waals surface area contributed by atoms with Crippen molar-refractivity contribution in [2.75, 3.05) is 37.0 Å². The number of amides is 1. The van der Waals surface area contributed by atoms with Crippen molar-refractivity contribution in [3.05, 3.63) is 22.7 Å². The highest BCUT2D eigenvalue weighted by Crippen LogP contribution is 2.31. The number of hydrogen-bond acceptors (Lipinski definition) is 5. The van der Waals surface area contributed by atoms with E-state index in [1.54, 1.807) is 12.1 Å². The summed E-state index contributed by atoms with van der Waals surface area (Å²) in [5, 5.41) is 3.39. The number of hydrogen-bond donors (Lipinski definition) is 1. The van der Waals surface area contributed by atoms with E-state index in [9.17, 15) is 13.2 Å². The molecule has 2 rings (SSSR count). The number of carbonyl (C=O) groups excluding carboxylic acids is 1. The Morgan fingerprint density at radius 2 is 2.17 bits per heavy atom. The summed E-state index contributed by atoms with van der Waals surface area (Å²) in [6.07, 6.45) is 0.576. The first-order valence-electron chi connectivity index (χ1n) is 7.84. The molecule has 8 heteroatoms. The molecule has 134 valence electrons. The molecule has 1 heterocycles. The molecule has 0 saturated carbocycles. The number of likely N-dealkylation sites (N-methyl/N-ethyl adjacent to an activating group) is 1. The lowest BCUT2D eigenvalue weighted by Crippen LogP contribution is -2.41. The third kappa shape index (κ3) is 4.62. The third-order valence-electron chi connectivity index (χ3n) is 4.23. The molecule has 0 aliphatic carbocycles. The van der Waals surface area contributed by atoms with Crippen LogP contribution in [0, 0.1) is 6.92 Å². The van der Waals surface area contributed by atoms with Crippen LogP contribution in [-0.4, -0.2) is 57.0 Å². The minimum Gasteiger partial charge on any atom is -0.495 e. The molecule has 1 atom stereocenters. The zero-order valence-electron chi connectivity index (χ0n) is 14.1. The SMILES string of the molecule is CCN(CC(=O)Nc1cc(C)c(Cl)cc1OC)C1CCS(=O)(=O)C1. The van der Waals surface area contributed by atoms with Gasteiger partial charge in [0.1, 0.15) is 5.75 Å². The van der Waals surface area contributed by atoms with Crippen molar-refractivity contribution in [2.24, 2.45) is 0 Å². The molecule has 1 amide bonds. The summed E-state index contributed by atoms with van der Waals surface area (Å²) in [7, 11) is -1.46. The molecule has 1 saturated heterocycles. The first kappa shape index (κ1) is 19.0. The lowest BCUT2D eigenvalue weighted by Gasteiger charge is -2.26. The van der Waals surface area contributed by atoms with E-state index >= 15 is 0 Å². The molecule has 0 spiro atoms. The van der Waals surface area contributed by atoms with Crippen LogP contribution >= 0.6 is 11.6 Å². The van der Waals surface area contributed by atoms with E-state index in [1.165, 1.54) is 7.11 Å². The van der Waals surface area contributed by atoms with Gasteiger partial charge in [0.05, 0.1) is 30.8 Å². The predicted octanol–water partition coefficient (Wildman–Crippen LogP) is 2.10. The molecular weight excluding hydrogens is 352 g/mol. The molecule has 1 aromatic carbocycles. The van der Waals surface area contributed by atoms with Crippen LogP contribution in [0.3, 0.4) is 0 Å². The Morgan fingerprint density at radius 1 is 1.46 bits per heavy atom. The normalized spacial score (nSPS) is 19.5. The van der Waals surface area contributed by atoms with Gasteiger partial charge in [-0.15, -0.1) is 0 Å². The molecule has 0 bridgehead atoms. The molecule has 1 fully saturated rings. The van der Waals surface area contributed by atoms with Crippen molar-refractivity contribution in [1.29, 1.82) is 0 Å². The van der Waals surface area contributed by atoms with Crippen LogP contribution in [0.1, 0.15) is 18.9 Å². The van der Waals surface area contributed by atoms with Crippen molar-refractivity contribution in [3.63, 3.8) is 0 Å². The van der Waals surface area contributed by atoms with Gasteiger partial charge in [0.2, 0.25) is 5.91 Å². The van der Waals surface area contributed by atoms with E-state index in [1.807, 2.05) is 18.7 Å². The van der Waals surface area contributed by atoms with E-state index in [0.29, 0.717) is 29.4 Å². The van der Waals surface area contributed by atoms with Gasteiger partial charge in [0.15, 0.2) is 9.84 Å². The molecule has 6 nitrogen and oxygen atoms in total. The summed E-state index contributed by atoms with van der Waals surface area (Å²) in [4.78, 5) is 14.3. The first-order valence-corrected chi connectivity index (χ1v) is 10.0. The zero-order chi connectivity index (χ0) is 17.9. The van der Waals surface area contributed by atoms with Gasteiger partial charge in [-0.2, -0.15) is 0 Å². The topological polar surface area (TPSA) is 75.7 Å². The second-order valence-electron chi connectivity index (χ2n) is 5.97. The minimum absolute atomic E-state index is 0.0976. The molecule has 1 N–H and O–H groups in total. The van der Waals surface area contributed by atoms with E-state index in [2.05, 4.69) is 5.32 Å². The molecule has 0 aromatic heterocycles. The highest BCUT2D eigenvalue weighted by molar-refractivity contribution is 7.91. The highest BCUT2D eigenvalue weighted by atomic mass is 35.5. The quantitative estimate of drug-likeness (QED) is 0.825. The van der Waals surface area contributed by atoms with Crippen LogP contribution in [0.2, 0.25) is 5.02 Å². The predicted molar refractivity (Wildman–Crippen MR) is 95.7 cm³/mol. The number of aryl methyl sites for hydroxylation is 1. The molecule has 1 unspecified atom stereocenters. The summed E-state index contributed by atoms with van der Waals surface area (Å²) < 4.78 is 28.5. The number of anilines is 1. The number of ether oxygens (including phenoxy) is 1. The van der Waals surface area contributed by atoms with Crippen molar-refractivity contribution >= 4 is 33.0 Å². The fourth-order valence-electron chi connectivity index (χ4n) is 2.87. The second-order valence-corrected chi connectivity index (χ2v) is 8.61. The number of carbonyl (C=O) groups is 1. The van der Waals surface area contributed by atoms with E-state index < -0.39 is 9.84 Å². The smallest absolute Gasteiger partial charge is 0.238 e. The van der Waals surface area contributed by atoms with Gasteiger partial charge in [-0.25, -0.2) is 8.42 Å². The van der Waals surface area contributed by atoms with E-state index in [0.717, 1.165) is 5.56 Å². The fraction of sp³-hybridized carbons (Fsp3) is 0.562. The average molecular weight is 375 g/mol. The molecule has 24 heavy (non-hydrogen) atoms.